The van der Waals surface area contributed by atoms with Crippen LogP contribution in [-0.2, 0) is 26.6 Å². The van der Waals surface area contributed by atoms with Crippen LogP contribution in [0, 0.1) is 6.92 Å². The molecule has 2 rings (SSSR count). The molecule has 2 aromatic heterocycles. The summed E-state index contributed by atoms with van der Waals surface area (Å²) in [6, 6.07) is 0. The van der Waals surface area contributed by atoms with Gasteiger partial charge in [0.05, 0.1) is 6.20 Å². The van der Waals surface area contributed by atoms with Gasteiger partial charge in [-0.05, 0) is 19.9 Å². The minimum absolute atomic E-state index is 0.879. The van der Waals surface area contributed by atoms with Gasteiger partial charge in [0.25, 0.3) is 0 Å². The van der Waals surface area contributed by atoms with E-state index in [1.807, 2.05) is 25.6 Å². The van der Waals surface area contributed by atoms with Crippen molar-refractivity contribution in [1.29, 1.82) is 0 Å². The lowest BCUT2D eigenvalue weighted by atomic mass is 10.2. The van der Waals surface area contributed by atoms with E-state index in [0.29, 0.717) is 0 Å². The van der Waals surface area contributed by atoms with E-state index in [9.17, 15) is 0 Å². The van der Waals surface area contributed by atoms with Gasteiger partial charge in [0.2, 0.25) is 0 Å². The van der Waals surface area contributed by atoms with Gasteiger partial charge in [0.1, 0.15) is 5.82 Å². The lowest BCUT2D eigenvalue weighted by Crippen LogP contribution is -2.14. The van der Waals surface area contributed by atoms with Crippen LogP contribution in [0.5, 0.6) is 0 Å². The molecule has 0 aromatic carbocycles. The van der Waals surface area contributed by atoms with Crippen LogP contribution < -0.4 is 5.32 Å². The molecule has 5 nitrogen and oxygen atoms in total. The Labute approximate surface area is 114 Å². The third kappa shape index (κ3) is 3.44. The normalized spacial score (nSPS) is 11.1. The van der Waals surface area contributed by atoms with Gasteiger partial charge in [-0.2, -0.15) is 5.10 Å². The predicted molar refractivity (Wildman–Crippen MR) is 75.9 cm³/mol. The molecule has 5 heteroatoms. The Bertz CT molecular complexity index is 512. The van der Waals surface area contributed by atoms with Crippen LogP contribution in [0.25, 0.3) is 0 Å². The molecular weight excluding hydrogens is 238 g/mol. The van der Waals surface area contributed by atoms with Gasteiger partial charge < -0.3 is 9.88 Å². The van der Waals surface area contributed by atoms with Crippen LogP contribution in [0.15, 0.2) is 18.6 Å². The summed E-state index contributed by atoms with van der Waals surface area (Å²) in [5.41, 5.74) is 2.53. The predicted octanol–water partition coefficient (Wildman–Crippen LogP) is 1.67. The monoisotopic (exact) mass is 261 g/mol. The Morgan fingerprint density at radius 1 is 1.37 bits per heavy atom. The van der Waals surface area contributed by atoms with E-state index in [0.717, 1.165) is 38.3 Å². The van der Waals surface area contributed by atoms with E-state index >= 15 is 0 Å². The summed E-state index contributed by atoms with van der Waals surface area (Å²) in [5, 5.41) is 7.88. The number of aromatic nitrogens is 4. The van der Waals surface area contributed by atoms with Crippen molar-refractivity contribution in [3.8, 4) is 0 Å². The minimum Gasteiger partial charge on any atom is -0.338 e. The number of rotatable bonds is 7. The van der Waals surface area contributed by atoms with E-state index < -0.39 is 0 Å². The largest absolute Gasteiger partial charge is 0.338 e. The van der Waals surface area contributed by atoms with Gasteiger partial charge in [0.15, 0.2) is 0 Å². The number of nitrogens with one attached hydrogen (secondary N) is 1. The second-order valence-corrected chi connectivity index (χ2v) is 4.86. The second kappa shape index (κ2) is 6.52. The standard InChI is InChI=1S/C14H23N5/c1-4-6-15-10-13-11-17-19(12(13)2)8-5-14-16-7-9-18(14)3/h7,9,11,15H,4-6,8,10H2,1-3H3. The fourth-order valence-corrected chi connectivity index (χ4v) is 2.13. The molecule has 0 atom stereocenters. The van der Waals surface area contributed by atoms with Crippen LogP contribution >= 0.6 is 0 Å². The van der Waals surface area contributed by atoms with Crippen LogP contribution in [0.3, 0.4) is 0 Å². The summed E-state index contributed by atoms with van der Waals surface area (Å²) in [7, 11) is 2.03. The zero-order valence-corrected chi connectivity index (χ0v) is 12.1. The van der Waals surface area contributed by atoms with Gasteiger partial charge in [-0.3, -0.25) is 4.68 Å². The van der Waals surface area contributed by atoms with Gasteiger partial charge in [-0.15, -0.1) is 0 Å². The summed E-state index contributed by atoms with van der Waals surface area (Å²) < 4.78 is 4.13. The molecule has 0 aliphatic rings. The van der Waals surface area contributed by atoms with Crippen molar-refractivity contribution < 1.29 is 0 Å². The highest BCUT2D eigenvalue weighted by Gasteiger charge is 2.07. The third-order valence-corrected chi connectivity index (χ3v) is 3.42. The highest BCUT2D eigenvalue weighted by molar-refractivity contribution is 5.15. The smallest absolute Gasteiger partial charge is 0.110 e. The quantitative estimate of drug-likeness (QED) is 0.771. The van der Waals surface area contributed by atoms with Crippen molar-refractivity contribution in [3.63, 3.8) is 0 Å². The number of nitrogens with zero attached hydrogens (tertiary/aromatic N) is 4. The molecule has 2 aromatic rings. The van der Waals surface area contributed by atoms with Crippen LogP contribution in [0.2, 0.25) is 0 Å². The molecule has 0 spiro atoms. The maximum absolute atomic E-state index is 4.46. The lowest BCUT2D eigenvalue weighted by molar-refractivity contribution is 0.574. The van der Waals surface area contributed by atoms with E-state index in [1.165, 1.54) is 11.3 Å². The van der Waals surface area contributed by atoms with E-state index in [4.69, 9.17) is 0 Å². The first kappa shape index (κ1) is 13.8. The Morgan fingerprint density at radius 2 is 2.21 bits per heavy atom. The van der Waals surface area contributed by atoms with Crippen molar-refractivity contribution in [2.24, 2.45) is 7.05 Å². The zero-order valence-electron chi connectivity index (χ0n) is 12.1. The molecule has 0 saturated carbocycles. The van der Waals surface area contributed by atoms with E-state index in [2.05, 4.69) is 38.5 Å². The van der Waals surface area contributed by atoms with Crippen molar-refractivity contribution >= 4 is 0 Å². The molecule has 0 bridgehead atoms. The molecule has 0 unspecified atom stereocenters. The average Bonchev–Trinajstić information content (AvgIpc) is 2.95. The van der Waals surface area contributed by atoms with Gasteiger partial charge in [-0.25, -0.2) is 4.98 Å². The Morgan fingerprint density at radius 3 is 2.89 bits per heavy atom. The Kier molecular flexibility index (Phi) is 4.74. The second-order valence-electron chi connectivity index (χ2n) is 4.86. The first-order valence-electron chi connectivity index (χ1n) is 6.90. The molecule has 0 fully saturated rings. The van der Waals surface area contributed by atoms with Crippen LogP contribution in [-0.4, -0.2) is 25.9 Å². The summed E-state index contributed by atoms with van der Waals surface area (Å²) in [4.78, 5) is 4.34. The van der Waals surface area contributed by atoms with Crippen molar-refractivity contribution in [2.75, 3.05) is 6.54 Å². The van der Waals surface area contributed by atoms with Crippen LogP contribution in [0.4, 0.5) is 0 Å². The number of hydrogen-bond donors (Lipinski definition) is 1. The zero-order chi connectivity index (χ0) is 13.7. The Balaban J connectivity index is 1.92. The summed E-state index contributed by atoms with van der Waals surface area (Å²) in [5.74, 6) is 1.10. The fourth-order valence-electron chi connectivity index (χ4n) is 2.13. The number of aryl methyl sites for hydroxylation is 3. The molecule has 0 aliphatic carbocycles. The number of imidazole rings is 1. The average molecular weight is 261 g/mol. The first-order chi connectivity index (χ1) is 9.22. The van der Waals surface area contributed by atoms with Gasteiger partial charge in [0, 0.05) is 50.2 Å². The molecule has 0 saturated heterocycles. The maximum atomic E-state index is 4.46. The minimum atomic E-state index is 0.879. The van der Waals surface area contributed by atoms with Gasteiger partial charge in [-0.1, -0.05) is 6.92 Å². The molecule has 1 N–H and O–H groups in total. The van der Waals surface area contributed by atoms with Crippen molar-refractivity contribution in [3.05, 3.63) is 35.7 Å². The molecular formula is C14H23N5. The summed E-state index contributed by atoms with van der Waals surface area (Å²) in [6.45, 7) is 7.15. The fraction of sp³-hybridized carbons (Fsp3) is 0.571. The highest BCUT2D eigenvalue weighted by Crippen LogP contribution is 2.08. The van der Waals surface area contributed by atoms with Crippen LogP contribution in [0.1, 0.15) is 30.4 Å². The highest BCUT2D eigenvalue weighted by atomic mass is 15.3. The molecule has 19 heavy (non-hydrogen) atoms. The molecule has 2 heterocycles. The lowest BCUT2D eigenvalue weighted by Gasteiger charge is -2.06. The Hall–Kier alpha value is -1.62. The first-order valence-corrected chi connectivity index (χ1v) is 6.90. The topological polar surface area (TPSA) is 47.7 Å². The van der Waals surface area contributed by atoms with E-state index in [-0.39, 0.29) is 0 Å². The SMILES string of the molecule is CCCNCc1cnn(CCc2nccn2C)c1C. The van der Waals surface area contributed by atoms with Crippen molar-refractivity contribution in [1.82, 2.24) is 24.6 Å². The summed E-state index contributed by atoms with van der Waals surface area (Å²) in [6.07, 6.45) is 7.85. The molecule has 104 valence electrons. The van der Waals surface area contributed by atoms with Crippen molar-refractivity contribution in [2.45, 2.75) is 39.8 Å². The van der Waals surface area contributed by atoms with E-state index in [1.54, 1.807) is 0 Å². The molecule has 0 amide bonds. The maximum Gasteiger partial charge on any atom is 0.110 e. The summed E-state index contributed by atoms with van der Waals surface area (Å²) >= 11 is 0. The molecule has 0 radical (unpaired) electrons. The van der Waals surface area contributed by atoms with Gasteiger partial charge >= 0.3 is 0 Å². The number of hydrogen-bond acceptors (Lipinski definition) is 3. The third-order valence-electron chi connectivity index (χ3n) is 3.42. The molecule has 0 aliphatic heterocycles.